The van der Waals surface area contributed by atoms with Crippen LogP contribution in [0.3, 0.4) is 0 Å². The minimum absolute atomic E-state index is 0.119. The molecule has 84 valence electrons. The van der Waals surface area contributed by atoms with E-state index in [1.165, 1.54) is 0 Å². The van der Waals surface area contributed by atoms with Crippen molar-refractivity contribution in [3.63, 3.8) is 0 Å². The number of aromatic nitrogens is 2. The van der Waals surface area contributed by atoms with Crippen molar-refractivity contribution in [2.75, 3.05) is 6.61 Å². The summed E-state index contributed by atoms with van der Waals surface area (Å²) < 4.78 is 1.01. The second-order valence-corrected chi connectivity index (χ2v) is 3.44. The number of nitrogens with one attached hydrogen (secondary N) is 1. The molecule has 0 amide bonds. The van der Waals surface area contributed by atoms with Gasteiger partial charge in [0.2, 0.25) is 0 Å². The molecule has 6 nitrogen and oxygen atoms in total. The van der Waals surface area contributed by atoms with Crippen molar-refractivity contribution in [2.24, 2.45) is 0 Å². The van der Waals surface area contributed by atoms with Gasteiger partial charge in [0, 0.05) is 11.1 Å². The highest BCUT2D eigenvalue weighted by Crippen LogP contribution is 1.92. The molecule has 0 spiro atoms. The van der Waals surface area contributed by atoms with Crippen LogP contribution in [0.5, 0.6) is 0 Å². The van der Waals surface area contributed by atoms with Gasteiger partial charge in [-0.2, -0.15) is 0 Å². The molecule has 0 bridgehead atoms. The van der Waals surface area contributed by atoms with Crippen molar-refractivity contribution >= 4 is 0 Å². The topological polar surface area (TPSA) is 95.3 Å². The molecular formula is C9H14N2O4. The van der Waals surface area contributed by atoms with Crippen molar-refractivity contribution in [1.29, 1.82) is 0 Å². The number of rotatable bonds is 3. The summed E-state index contributed by atoms with van der Waals surface area (Å²) in [5.41, 5.74) is -0.00420. The lowest BCUT2D eigenvalue weighted by Crippen LogP contribution is -2.37. The molecule has 1 aromatic rings. The van der Waals surface area contributed by atoms with E-state index in [1.807, 2.05) is 0 Å². The molecule has 15 heavy (non-hydrogen) atoms. The van der Waals surface area contributed by atoms with Crippen molar-refractivity contribution in [2.45, 2.75) is 26.5 Å². The fourth-order valence-electron chi connectivity index (χ4n) is 1.19. The van der Waals surface area contributed by atoms with Crippen LogP contribution in [0.1, 0.15) is 11.1 Å². The zero-order valence-electron chi connectivity index (χ0n) is 8.65. The third kappa shape index (κ3) is 2.34. The van der Waals surface area contributed by atoms with Crippen LogP contribution in [0.4, 0.5) is 0 Å². The fourth-order valence-corrected chi connectivity index (χ4v) is 1.19. The molecule has 1 unspecified atom stereocenters. The zero-order valence-corrected chi connectivity index (χ0v) is 8.65. The van der Waals surface area contributed by atoms with Gasteiger partial charge in [-0.15, -0.1) is 0 Å². The molecule has 0 fully saturated rings. The summed E-state index contributed by atoms with van der Waals surface area (Å²) in [4.78, 5) is 22.9. The Morgan fingerprint density at radius 2 is 1.93 bits per heavy atom. The molecule has 1 heterocycles. The summed E-state index contributed by atoms with van der Waals surface area (Å²) in [6, 6.07) is 0. The molecule has 0 aliphatic heterocycles. The van der Waals surface area contributed by atoms with Gasteiger partial charge in [0.1, 0.15) is 0 Å². The highest BCUT2D eigenvalue weighted by molar-refractivity contribution is 5.17. The molecule has 1 atom stereocenters. The molecule has 3 N–H and O–H groups in total. The van der Waals surface area contributed by atoms with Gasteiger partial charge in [-0.25, -0.2) is 4.68 Å². The number of nitrogens with zero attached hydrogens (tertiary/aromatic N) is 1. The summed E-state index contributed by atoms with van der Waals surface area (Å²) in [6.45, 7) is 2.53. The number of hydrogen-bond donors (Lipinski definition) is 3. The Morgan fingerprint density at radius 1 is 1.33 bits per heavy atom. The van der Waals surface area contributed by atoms with Gasteiger partial charge in [-0.05, 0) is 13.8 Å². The first kappa shape index (κ1) is 11.7. The van der Waals surface area contributed by atoms with Crippen molar-refractivity contribution < 1.29 is 10.2 Å². The van der Waals surface area contributed by atoms with E-state index in [0.29, 0.717) is 11.1 Å². The Morgan fingerprint density at radius 3 is 2.47 bits per heavy atom. The van der Waals surface area contributed by atoms with Gasteiger partial charge in [0.15, 0.2) is 0 Å². The summed E-state index contributed by atoms with van der Waals surface area (Å²) >= 11 is 0. The van der Waals surface area contributed by atoms with Crippen LogP contribution >= 0.6 is 0 Å². The smallest absolute Gasteiger partial charge is 0.268 e. The van der Waals surface area contributed by atoms with Gasteiger partial charge in [-0.3, -0.25) is 14.7 Å². The predicted octanol–water partition coefficient (Wildman–Crippen LogP) is -1.49. The normalized spacial score (nSPS) is 12.8. The average molecular weight is 214 g/mol. The first-order valence-corrected chi connectivity index (χ1v) is 4.56. The van der Waals surface area contributed by atoms with Crippen LogP contribution in [0, 0.1) is 13.8 Å². The van der Waals surface area contributed by atoms with E-state index in [9.17, 15) is 9.59 Å². The minimum atomic E-state index is -1.06. The molecule has 0 saturated carbocycles. The SMILES string of the molecule is Cc1c(C)c(=O)n(CC(O)CO)[nH]c1=O. The zero-order chi connectivity index (χ0) is 11.6. The second kappa shape index (κ2) is 4.41. The van der Waals surface area contributed by atoms with E-state index in [2.05, 4.69) is 5.10 Å². The Labute approximate surface area is 85.8 Å². The van der Waals surface area contributed by atoms with E-state index >= 15 is 0 Å². The van der Waals surface area contributed by atoms with E-state index in [-0.39, 0.29) is 17.7 Å². The molecule has 6 heteroatoms. The second-order valence-electron chi connectivity index (χ2n) is 3.44. The van der Waals surface area contributed by atoms with Crippen LogP contribution in [-0.4, -0.2) is 32.7 Å². The molecule has 0 radical (unpaired) electrons. The molecular weight excluding hydrogens is 200 g/mol. The van der Waals surface area contributed by atoms with Crippen LogP contribution in [0.2, 0.25) is 0 Å². The molecule has 0 saturated heterocycles. The molecule has 0 aliphatic carbocycles. The lowest BCUT2D eigenvalue weighted by atomic mass is 10.2. The van der Waals surface area contributed by atoms with Gasteiger partial charge in [0.25, 0.3) is 11.1 Å². The maximum Gasteiger partial charge on any atom is 0.268 e. The number of aliphatic hydroxyl groups excluding tert-OH is 2. The monoisotopic (exact) mass is 214 g/mol. The van der Waals surface area contributed by atoms with Crippen LogP contribution in [-0.2, 0) is 6.54 Å². The fraction of sp³-hybridized carbons (Fsp3) is 0.556. The number of H-pyrrole nitrogens is 1. The van der Waals surface area contributed by atoms with Gasteiger partial charge in [-0.1, -0.05) is 0 Å². The van der Waals surface area contributed by atoms with E-state index in [0.717, 1.165) is 4.68 Å². The first-order valence-electron chi connectivity index (χ1n) is 4.56. The average Bonchev–Trinajstić information content (AvgIpc) is 2.22. The third-order valence-electron chi connectivity index (χ3n) is 2.31. The quantitative estimate of drug-likeness (QED) is 0.571. The van der Waals surface area contributed by atoms with Crippen molar-refractivity contribution in [3.05, 3.63) is 31.8 Å². The van der Waals surface area contributed by atoms with E-state index in [4.69, 9.17) is 10.2 Å². The molecule has 1 rings (SSSR count). The largest absolute Gasteiger partial charge is 0.394 e. The van der Waals surface area contributed by atoms with Crippen molar-refractivity contribution in [1.82, 2.24) is 9.78 Å². The number of aromatic amines is 1. The summed E-state index contributed by atoms with van der Waals surface area (Å²) in [5, 5.41) is 20.1. The van der Waals surface area contributed by atoms with Gasteiger partial charge in [0.05, 0.1) is 19.3 Å². The summed E-state index contributed by atoms with van der Waals surface area (Å²) in [7, 11) is 0. The maximum atomic E-state index is 11.6. The lowest BCUT2D eigenvalue weighted by molar-refractivity contribution is 0.0767. The Bertz CT molecular complexity index is 460. The van der Waals surface area contributed by atoms with E-state index < -0.39 is 12.7 Å². The summed E-state index contributed by atoms with van der Waals surface area (Å²) in [5.74, 6) is 0. The Kier molecular flexibility index (Phi) is 3.43. The molecule has 0 aliphatic rings. The van der Waals surface area contributed by atoms with Crippen LogP contribution < -0.4 is 11.1 Å². The maximum absolute atomic E-state index is 11.6. The van der Waals surface area contributed by atoms with Crippen LogP contribution in [0.15, 0.2) is 9.59 Å². The first-order chi connectivity index (χ1) is 6.97. The van der Waals surface area contributed by atoms with Gasteiger partial charge < -0.3 is 10.2 Å². The third-order valence-corrected chi connectivity index (χ3v) is 2.31. The number of aliphatic hydroxyl groups is 2. The Hall–Kier alpha value is -1.40. The highest BCUT2D eigenvalue weighted by atomic mass is 16.3. The van der Waals surface area contributed by atoms with E-state index in [1.54, 1.807) is 13.8 Å². The van der Waals surface area contributed by atoms with Crippen LogP contribution in [0.25, 0.3) is 0 Å². The summed E-state index contributed by atoms with van der Waals surface area (Å²) in [6.07, 6.45) is -1.06. The molecule has 0 aromatic carbocycles. The Balaban J connectivity index is 3.21. The van der Waals surface area contributed by atoms with Crippen molar-refractivity contribution in [3.8, 4) is 0 Å². The van der Waals surface area contributed by atoms with Gasteiger partial charge >= 0.3 is 0 Å². The minimum Gasteiger partial charge on any atom is -0.394 e. The molecule has 1 aromatic heterocycles. The lowest BCUT2D eigenvalue weighted by Gasteiger charge is -2.10. The predicted molar refractivity (Wildman–Crippen MR) is 53.9 cm³/mol. The number of hydrogen-bond acceptors (Lipinski definition) is 4. The highest BCUT2D eigenvalue weighted by Gasteiger charge is 2.10. The standard InChI is InChI=1S/C9H14N2O4/c1-5-6(2)9(15)11(10-8(5)14)3-7(13)4-12/h7,12-13H,3-4H2,1-2H3,(H,10,14).